The van der Waals surface area contributed by atoms with Crippen LogP contribution in [0.3, 0.4) is 0 Å². The average Bonchev–Trinajstić information content (AvgIpc) is 3.43. The van der Waals surface area contributed by atoms with Crippen LogP contribution in [0.1, 0.15) is 33.6 Å². The summed E-state index contributed by atoms with van der Waals surface area (Å²) in [5.74, 6) is -1.63. The monoisotopic (exact) mass is 430 g/mol. The van der Waals surface area contributed by atoms with Crippen molar-refractivity contribution in [3.8, 4) is 11.5 Å². The number of pyridine rings is 2. The maximum absolute atomic E-state index is 10.6. The molecule has 12 heteroatoms. The van der Waals surface area contributed by atoms with Crippen LogP contribution in [-0.4, -0.2) is 60.5 Å². The van der Waals surface area contributed by atoms with Crippen LogP contribution in [0.25, 0.3) is 0 Å². The first-order valence-corrected chi connectivity index (χ1v) is 9.33. The van der Waals surface area contributed by atoms with Gasteiger partial charge in [0.2, 0.25) is 0 Å². The minimum absolute atomic E-state index is 0. The van der Waals surface area contributed by atoms with Crippen molar-refractivity contribution < 1.29 is 76.5 Å². The molecule has 4 heterocycles. The van der Waals surface area contributed by atoms with Crippen molar-refractivity contribution in [3.05, 3.63) is 48.0 Å². The fourth-order valence-electron chi connectivity index (χ4n) is 2.79. The molecule has 0 N–H and O–H groups in total. The SMILES string of the molecule is O=C([O-])c1cncc(O[C@@H]2CCOC2)c1.O=C([O-])c1cncc(O[C@@H]2CCOC2)c1.[Li+].[Li+]. The second kappa shape index (κ2) is 14.2. The summed E-state index contributed by atoms with van der Waals surface area (Å²) in [6, 6.07) is 2.81. The third-order valence-electron chi connectivity index (χ3n) is 4.28. The van der Waals surface area contributed by atoms with Crippen molar-refractivity contribution in [2.75, 3.05) is 26.4 Å². The van der Waals surface area contributed by atoms with E-state index in [2.05, 4.69) is 9.97 Å². The van der Waals surface area contributed by atoms with Gasteiger partial charge in [-0.25, -0.2) is 0 Å². The van der Waals surface area contributed by atoms with Crippen LogP contribution in [0.15, 0.2) is 36.9 Å². The fourth-order valence-corrected chi connectivity index (χ4v) is 2.79. The zero-order chi connectivity index (χ0) is 21.3. The number of carbonyl (C=O) groups is 2. The molecule has 0 saturated carbocycles. The molecule has 2 saturated heterocycles. The molecule has 0 unspecified atom stereocenters. The number of nitrogens with zero attached hydrogens (tertiary/aromatic N) is 2. The molecule has 2 aromatic heterocycles. The molecule has 2 aromatic rings. The van der Waals surface area contributed by atoms with E-state index in [0.29, 0.717) is 37.9 Å². The van der Waals surface area contributed by atoms with Gasteiger partial charge in [0.15, 0.2) is 0 Å². The van der Waals surface area contributed by atoms with E-state index in [1.165, 1.54) is 36.9 Å². The number of hydrogen-bond acceptors (Lipinski definition) is 10. The number of carbonyl (C=O) groups excluding carboxylic acids is 2. The molecule has 4 rings (SSSR count). The predicted molar refractivity (Wildman–Crippen MR) is 96.8 cm³/mol. The van der Waals surface area contributed by atoms with Gasteiger partial charge in [0.25, 0.3) is 0 Å². The van der Waals surface area contributed by atoms with Gasteiger partial charge in [-0.1, -0.05) is 0 Å². The molecular formula is C20H20Li2N2O8. The summed E-state index contributed by atoms with van der Waals surface area (Å²) in [5.41, 5.74) is 0.0397. The number of hydrogen-bond donors (Lipinski definition) is 0. The van der Waals surface area contributed by atoms with Gasteiger partial charge in [0.1, 0.15) is 23.7 Å². The molecule has 2 aliphatic heterocycles. The Morgan fingerprint density at radius 2 is 1.19 bits per heavy atom. The van der Waals surface area contributed by atoms with E-state index in [1.54, 1.807) is 0 Å². The maximum Gasteiger partial charge on any atom is 1.00 e. The minimum Gasteiger partial charge on any atom is -0.545 e. The van der Waals surface area contributed by atoms with Gasteiger partial charge in [0, 0.05) is 36.4 Å². The first kappa shape index (κ1) is 28.0. The fraction of sp³-hybridized carbons (Fsp3) is 0.400. The van der Waals surface area contributed by atoms with Gasteiger partial charge in [-0.2, -0.15) is 0 Å². The Labute approximate surface area is 209 Å². The van der Waals surface area contributed by atoms with Crippen LogP contribution in [-0.2, 0) is 9.47 Å². The second-order valence-corrected chi connectivity index (χ2v) is 6.60. The Balaban J connectivity index is 0.000000301. The topological polar surface area (TPSA) is 143 Å². The third kappa shape index (κ3) is 8.83. The van der Waals surface area contributed by atoms with Crippen LogP contribution in [0.4, 0.5) is 0 Å². The van der Waals surface area contributed by atoms with E-state index in [1.807, 2.05) is 0 Å². The van der Waals surface area contributed by atoms with Crippen LogP contribution >= 0.6 is 0 Å². The van der Waals surface area contributed by atoms with Crippen LogP contribution in [0.5, 0.6) is 11.5 Å². The van der Waals surface area contributed by atoms with Crippen molar-refractivity contribution in [3.63, 3.8) is 0 Å². The summed E-state index contributed by atoms with van der Waals surface area (Å²) < 4.78 is 21.2. The quantitative estimate of drug-likeness (QED) is 0.406. The van der Waals surface area contributed by atoms with Crippen molar-refractivity contribution in [1.82, 2.24) is 9.97 Å². The van der Waals surface area contributed by atoms with Gasteiger partial charge >= 0.3 is 37.7 Å². The molecule has 0 spiro atoms. The normalized spacial score (nSPS) is 18.9. The molecule has 160 valence electrons. The number of carboxylic acid groups (broad SMARTS) is 2. The maximum atomic E-state index is 10.6. The van der Waals surface area contributed by atoms with Gasteiger partial charge in [-0.3, -0.25) is 9.97 Å². The standard InChI is InChI=1S/2C10H11NO4.2Li/c2*12-10(13)7-3-9(5-11-4-7)15-8-1-2-14-6-8;;/h2*3-5,8H,1-2,6H2,(H,12,13);;/q;;2*+1/p-2/t2*8-;;/m11../s1. The molecule has 2 fully saturated rings. The van der Waals surface area contributed by atoms with Gasteiger partial charge in [-0.05, 0) is 12.1 Å². The molecule has 0 amide bonds. The van der Waals surface area contributed by atoms with Gasteiger partial charge in [0.05, 0.1) is 50.8 Å². The summed E-state index contributed by atoms with van der Waals surface area (Å²) >= 11 is 0. The Morgan fingerprint density at radius 3 is 1.50 bits per heavy atom. The number of rotatable bonds is 6. The van der Waals surface area contributed by atoms with Crippen LogP contribution in [0, 0.1) is 0 Å². The zero-order valence-corrected chi connectivity index (χ0v) is 18.0. The van der Waals surface area contributed by atoms with Gasteiger partial charge < -0.3 is 38.7 Å². The summed E-state index contributed by atoms with van der Waals surface area (Å²) in [6.45, 7) is 2.43. The molecule has 0 radical (unpaired) electrons. The molecule has 2 atom stereocenters. The van der Waals surface area contributed by atoms with Crippen molar-refractivity contribution in [2.45, 2.75) is 25.0 Å². The van der Waals surface area contributed by atoms with Crippen molar-refractivity contribution >= 4 is 11.9 Å². The molecular weight excluding hydrogens is 410 g/mol. The number of aromatic nitrogens is 2. The first-order valence-electron chi connectivity index (χ1n) is 9.33. The largest absolute Gasteiger partial charge is 1.00 e. The molecule has 2 aliphatic rings. The second-order valence-electron chi connectivity index (χ2n) is 6.60. The summed E-state index contributed by atoms with van der Waals surface area (Å²) in [6.07, 6.45) is 7.02. The minimum atomic E-state index is -1.25. The molecule has 0 bridgehead atoms. The molecule has 10 nitrogen and oxygen atoms in total. The number of ether oxygens (including phenoxy) is 4. The van der Waals surface area contributed by atoms with E-state index >= 15 is 0 Å². The van der Waals surface area contributed by atoms with E-state index < -0.39 is 11.9 Å². The summed E-state index contributed by atoms with van der Waals surface area (Å²) in [5, 5.41) is 21.1. The summed E-state index contributed by atoms with van der Waals surface area (Å²) in [4.78, 5) is 28.6. The molecule has 32 heavy (non-hydrogen) atoms. The van der Waals surface area contributed by atoms with Crippen LogP contribution < -0.4 is 57.4 Å². The Bertz CT molecular complexity index is 803. The first-order chi connectivity index (χ1) is 14.5. The van der Waals surface area contributed by atoms with Crippen molar-refractivity contribution in [2.24, 2.45) is 0 Å². The number of aromatic carboxylic acids is 2. The Kier molecular flexibility index (Phi) is 12.4. The Morgan fingerprint density at radius 1 is 0.781 bits per heavy atom. The average molecular weight is 430 g/mol. The van der Waals surface area contributed by atoms with Gasteiger partial charge in [-0.15, -0.1) is 0 Å². The third-order valence-corrected chi connectivity index (χ3v) is 4.28. The van der Waals surface area contributed by atoms with Crippen LogP contribution in [0.2, 0.25) is 0 Å². The summed E-state index contributed by atoms with van der Waals surface area (Å²) in [7, 11) is 0. The molecule has 0 aromatic carbocycles. The Hall–Kier alpha value is -2.05. The smallest absolute Gasteiger partial charge is 0.545 e. The molecule has 0 aliphatic carbocycles. The van der Waals surface area contributed by atoms with E-state index in [-0.39, 0.29) is 61.1 Å². The van der Waals surface area contributed by atoms with E-state index in [0.717, 1.165) is 12.8 Å². The van der Waals surface area contributed by atoms with E-state index in [4.69, 9.17) is 18.9 Å². The number of carboxylic acids is 2. The predicted octanol–water partition coefficient (Wildman–Crippen LogP) is -6.77. The van der Waals surface area contributed by atoms with Crippen molar-refractivity contribution in [1.29, 1.82) is 0 Å². The van der Waals surface area contributed by atoms with E-state index in [9.17, 15) is 19.8 Å². The zero-order valence-electron chi connectivity index (χ0n) is 18.0.